The van der Waals surface area contributed by atoms with Gasteiger partial charge in [-0.3, -0.25) is 0 Å². The molecule has 6 heteroatoms. The largest absolute Gasteiger partial charge is 0.479 e. The summed E-state index contributed by atoms with van der Waals surface area (Å²) in [5.74, 6) is -0.0520. The molecule has 0 aliphatic carbocycles. The highest BCUT2D eigenvalue weighted by atomic mass is 19.1. The van der Waals surface area contributed by atoms with Gasteiger partial charge >= 0.3 is 0 Å². The molecule has 0 radical (unpaired) electrons. The molecule has 0 amide bonds. The quantitative estimate of drug-likeness (QED) is 0.438. The Balaban J connectivity index is 2.05. The Morgan fingerprint density at radius 2 is 1.86 bits per heavy atom. The number of aromatic nitrogens is 3. The van der Waals surface area contributed by atoms with Crippen LogP contribution in [0.15, 0.2) is 66.2 Å². The van der Waals surface area contributed by atoms with Gasteiger partial charge in [-0.2, -0.15) is 0 Å². The summed E-state index contributed by atoms with van der Waals surface area (Å²) < 4.78 is 21.4. The number of para-hydroxylation sites is 1. The third-order valence-corrected chi connectivity index (χ3v) is 4.35. The highest BCUT2D eigenvalue weighted by Crippen LogP contribution is 2.21. The molecule has 0 aliphatic rings. The van der Waals surface area contributed by atoms with Crippen molar-refractivity contribution in [2.45, 2.75) is 26.2 Å². The van der Waals surface area contributed by atoms with E-state index in [0.29, 0.717) is 29.4 Å². The highest BCUT2D eigenvalue weighted by molar-refractivity contribution is 5.96. The van der Waals surface area contributed by atoms with Crippen LogP contribution >= 0.6 is 0 Å². The summed E-state index contributed by atoms with van der Waals surface area (Å²) >= 11 is 0. The number of benzene rings is 2. The van der Waals surface area contributed by atoms with Crippen molar-refractivity contribution < 1.29 is 9.13 Å². The summed E-state index contributed by atoms with van der Waals surface area (Å²) in [5.41, 5.74) is 3.04. The molecule has 0 fully saturated rings. The maximum absolute atomic E-state index is 14.3. The molecule has 0 N–H and O–H groups in total. The first-order valence-corrected chi connectivity index (χ1v) is 9.22. The number of ether oxygens (including phenoxy) is 1. The smallest absolute Gasteiger partial charge is 0.244 e. The molecule has 3 rings (SSSR count). The second-order valence-electron chi connectivity index (χ2n) is 6.29. The second-order valence-corrected chi connectivity index (χ2v) is 6.29. The molecule has 144 valence electrons. The van der Waals surface area contributed by atoms with Gasteiger partial charge in [0.2, 0.25) is 5.90 Å². The van der Waals surface area contributed by atoms with E-state index in [1.54, 1.807) is 18.2 Å². The third kappa shape index (κ3) is 4.17. The normalized spacial score (nSPS) is 11.5. The van der Waals surface area contributed by atoms with Gasteiger partial charge in [-0.05, 0) is 30.5 Å². The van der Waals surface area contributed by atoms with Crippen molar-refractivity contribution in [2.24, 2.45) is 4.99 Å². The summed E-state index contributed by atoms with van der Waals surface area (Å²) in [5, 5.41) is 8.44. The zero-order valence-corrected chi connectivity index (χ0v) is 16.1. The van der Waals surface area contributed by atoms with Crippen molar-refractivity contribution in [3.63, 3.8) is 0 Å². The number of aliphatic imine (C=N–C) groups is 1. The Bertz CT molecular complexity index is 979. The molecule has 1 aromatic heterocycles. The Labute approximate surface area is 164 Å². The van der Waals surface area contributed by atoms with Gasteiger partial charge in [0.05, 0.1) is 18.5 Å². The number of rotatable bonds is 7. The Morgan fingerprint density at radius 1 is 1.14 bits per heavy atom. The topological polar surface area (TPSA) is 52.3 Å². The van der Waals surface area contributed by atoms with Gasteiger partial charge in [0.15, 0.2) is 5.69 Å². The van der Waals surface area contributed by atoms with Gasteiger partial charge < -0.3 is 4.74 Å². The highest BCUT2D eigenvalue weighted by Gasteiger charge is 2.21. The SMILES string of the molecule is C=C(N=C(OC)c1nnn(-c2ccccc2F)c1CCCC)c1ccccc1. The molecule has 1 heterocycles. The van der Waals surface area contributed by atoms with Gasteiger partial charge in [0.25, 0.3) is 0 Å². The van der Waals surface area contributed by atoms with Gasteiger partial charge in [0, 0.05) is 0 Å². The fourth-order valence-corrected chi connectivity index (χ4v) is 2.87. The number of methoxy groups -OCH3 is 1. The monoisotopic (exact) mass is 378 g/mol. The number of hydrogen-bond acceptors (Lipinski definition) is 4. The predicted molar refractivity (Wildman–Crippen MR) is 109 cm³/mol. The molecule has 5 nitrogen and oxygen atoms in total. The lowest BCUT2D eigenvalue weighted by Crippen LogP contribution is -2.11. The summed E-state index contributed by atoms with van der Waals surface area (Å²) in [6.07, 6.45) is 2.57. The van der Waals surface area contributed by atoms with E-state index in [2.05, 4.69) is 28.8 Å². The van der Waals surface area contributed by atoms with Crippen LogP contribution in [0.25, 0.3) is 11.4 Å². The van der Waals surface area contributed by atoms with Crippen molar-refractivity contribution >= 4 is 11.6 Å². The van der Waals surface area contributed by atoms with Crippen molar-refractivity contribution in [1.29, 1.82) is 0 Å². The average Bonchev–Trinajstić information content (AvgIpc) is 3.14. The molecule has 0 unspecified atom stereocenters. The summed E-state index contributed by atoms with van der Waals surface area (Å²) in [4.78, 5) is 4.52. The van der Waals surface area contributed by atoms with Crippen LogP contribution < -0.4 is 0 Å². The summed E-state index contributed by atoms with van der Waals surface area (Å²) in [6, 6.07) is 16.1. The van der Waals surface area contributed by atoms with Gasteiger partial charge in [-0.1, -0.05) is 67.6 Å². The van der Waals surface area contributed by atoms with Crippen LogP contribution in [0, 0.1) is 5.82 Å². The molecular formula is C22H23FN4O. The molecule has 0 saturated heterocycles. The molecule has 3 aromatic rings. The van der Waals surface area contributed by atoms with Crippen molar-refractivity contribution in [2.75, 3.05) is 7.11 Å². The Hall–Kier alpha value is -3.28. The minimum atomic E-state index is -0.360. The van der Waals surface area contributed by atoms with Crippen LogP contribution in [0.1, 0.15) is 36.7 Å². The molecule has 0 aliphatic heterocycles. The van der Waals surface area contributed by atoms with Crippen LogP contribution in [-0.4, -0.2) is 28.0 Å². The summed E-state index contributed by atoms with van der Waals surface area (Å²) in [7, 11) is 1.53. The number of nitrogens with zero attached hydrogens (tertiary/aromatic N) is 4. The van der Waals surface area contributed by atoms with E-state index in [1.165, 1.54) is 17.9 Å². The van der Waals surface area contributed by atoms with Gasteiger partial charge in [-0.15, -0.1) is 5.10 Å². The first kappa shape index (κ1) is 19.5. The van der Waals surface area contributed by atoms with E-state index < -0.39 is 0 Å². The van der Waals surface area contributed by atoms with Crippen LogP contribution in [0.3, 0.4) is 0 Å². The van der Waals surface area contributed by atoms with Crippen LogP contribution in [0.2, 0.25) is 0 Å². The fraction of sp³-hybridized carbons (Fsp3) is 0.227. The Morgan fingerprint density at radius 3 is 2.54 bits per heavy atom. The molecule has 0 atom stereocenters. The van der Waals surface area contributed by atoms with E-state index in [4.69, 9.17) is 4.74 Å². The molecule has 28 heavy (non-hydrogen) atoms. The Kier molecular flexibility index (Phi) is 6.32. The standard InChI is InChI=1S/C22H23FN4O/c1-4-5-14-20-21(25-26-27(20)19-15-10-9-13-18(19)23)22(28-3)24-16(2)17-11-7-6-8-12-17/h6-13,15H,2,4-5,14H2,1,3H3. The molecular weight excluding hydrogens is 355 g/mol. The predicted octanol–water partition coefficient (Wildman–Crippen LogP) is 4.81. The van der Waals surface area contributed by atoms with Gasteiger partial charge in [0.1, 0.15) is 11.5 Å². The van der Waals surface area contributed by atoms with E-state index in [-0.39, 0.29) is 5.82 Å². The maximum atomic E-state index is 14.3. The van der Waals surface area contributed by atoms with Crippen LogP contribution in [0.5, 0.6) is 0 Å². The average molecular weight is 378 g/mol. The lowest BCUT2D eigenvalue weighted by molar-refractivity contribution is 0.403. The minimum Gasteiger partial charge on any atom is -0.479 e. The maximum Gasteiger partial charge on any atom is 0.244 e. The van der Waals surface area contributed by atoms with Gasteiger partial charge in [-0.25, -0.2) is 14.1 Å². The van der Waals surface area contributed by atoms with Crippen molar-refractivity contribution in [3.05, 3.63) is 83.9 Å². The molecule has 2 aromatic carbocycles. The minimum absolute atomic E-state index is 0.308. The first-order valence-electron chi connectivity index (χ1n) is 9.22. The lowest BCUT2D eigenvalue weighted by atomic mass is 10.1. The fourth-order valence-electron chi connectivity index (χ4n) is 2.87. The van der Waals surface area contributed by atoms with E-state index in [9.17, 15) is 4.39 Å². The van der Waals surface area contributed by atoms with E-state index in [1.807, 2.05) is 30.3 Å². The van der Waals surface area contributed by atoms with Crippen molar-refractivity contribution in [3.8, 4) is 5.69 Å². The van der Waals surface area contributed by atoms with Crippen molar-refractivity contribution in [1.82, 2.24) is 15.0 Å². The number of hydrogen-bond donors (Lipinski definition) is 0. The zero-order valence-electron chi connectivity index (χ0n) is 16.1. The number of halogens is 1. The summed E-state index contributed by atoms with van der Waals surface area (Å²) in [6.45, 7) is 6.12. The van der Waals surface area contributed by atoms with Crippen LogP contribution in [-0.2, 0) is 11.2 Å². The lowest BCUT2D eigenvalue weighted by Gasteiger charge is -2.10. The molecule has 0 bridgehead atoms. The van der Waals surface area contributed by atoms with E-state index in [0.717, 1.165) is 24.1 Å². The number of unbranched alkanes of at least 4 members (excludes halogenated alkanes) is 1. The zero-order chi connectivity index (χ0) is 19.9. The first-order chi connectivity index (χ1) is 13.7. The third-order valence-electron chi connectivity index (χ3n) is 4.35. The molecule has 0 spiro atoms. The molecule has 0 saturated carbocycles. The van der Waals surface area contributed by atoms with Crippen LogP contribution in [0.4, 0.5) is 4.39 Å². The second kappa shape index (κ2) is 9.08. The van der Waals surface area contributed by atoms with E-state index >= 15 is 0 Å².